The van der Waals surface area contributed by atoms with Crippen LogP contribution in [-0.2, 0) is 0 Å². The Morgan fingerprint density at radius 1 is 1.05 bits per heavy atom. The Balaban J connectivity index is 1.99. The zero-order valence-corrected chi connectivity index (χ0v) is 11.8. The number of likely N-dealkylation sites (N-methyl/N-ethyl adjacent to an activating group) is 1. The zero-order chi connectivity index (χ0) is 13.1. The number of hydrogen-bond donors (Lipinski definition) is 1. The molecule has 96 valence electrons. The summed E-state index contributed by atoms with van der Waals surface area (Å²) in [5, 5.41) is 6.03. The SMILES string of the molecule is CCNCC=Cc1ccc2sc3ccccc3c2c1. The molecule has 0 bridgehead atoms. The Kier molecular flexibility index (Phi) is 3.62. The van der Waals surface area contributed by atoms with Gasteiger partial charge in [-0.05, 0) is 30.3 Å². The van der Waals surface area contributed by atoms with Gasteiger partial charge in [0, 0.05) is 26.7 Å². The maximum atomic E-state index is 3.30. The molecular formula is C17H17NS. The topological polar surface area (TPSA) is 12.0 Å². The van der Waals surface area contributed by atoms with E-state index in [9.17, 15) is 0 Å². The molecule has 0 aliphatic heterocycles. The lowest BCUT2D eigenvalue weighted by atomic mass is 10.1. The summed E-state index contributed by atoms with van der Waals surface area (Å²) in [6.07, 6.45) is 4.37. The van der Waals surface area contributed by atoms with Gasteiger partial charge in [0.05, 0.1) is 0 Å². The van der Waals surface area contributed by atoms with Crippen LogP contribution in [0, 0.1) is 0 Å². The van der Waals surface area contributed by atoms with Crippen molar-refractivity contribution in [1.29, 1.82) is 0 Å². The molecule has 1 nitrogen and oxygen atoms in total. The van der Waals surface area contributed by atoms with Gasteiger partial charge in [-0.1, -0.05) is 43.3 Å². The first kappa shape index (κ1) is 12.4. The second-order valence-corrected chi connectivity index (χ2v) is 5.65. The quantitative estimate of drug-likeness (QED) is 0.677. The molecule has 0 fully saturated rings. The third kappa shape index (κ3) is 2.55. The molecule has 3 rings (SSSR count). The van der Waals surface area contributed by atoms with Crippen molar-refractivity contribution in [3.8, 4) is 0 Å². The zero-order valence-electron chi connectivity index (χ0n) is 11.0. The molecule has 0 aliphatic carbocycles. The van der Waals surface area contributed by atoms with E-state index in [1.54, 1.807) is 0 Å². The molecule has 0 radical (unpaired) electrons. The van der Waals surface area contributed by atoms with Gasteiger partial charge in [-0.25, -0.2) is 0 Å². The summed E-state index contributed by atoms with van der Waals surface area (Å²) < 4.78 is 2.73. The average molecular weight is 267 g/mol. The highest BCUT2D eigenvalue weighted by molar-refractivity contribution is 7.25. The second kappa shape index (κ2) is 5.55. The number of fused-ring (bicyclic) bond motifs is 3. The second-order valence-electron chi connectivity index (χ2n) is 4.56. The van der Waals surface area contributed by atoms with Gasteiger partial charge < -0.3 is 5.32 Å². The van der Waals surface area contributed by atoms with Gasteiger partial charge >= 0.3 is 0 Å². The molecule has 2 heteroatoms. The number of benzene rings is 2. The van der Waals surface area contributed by atoms with Crippen LogP contribution in [0.2, 0.25) is 0 Å². The summed E-state index contributed by atoms with van der Waals surface area (Å²) in [6, 6.07) is 15.3. The summed E-state index contributed by atoms with van der Waals surface area (Å²) in [4.78, 5) is 0. The van der Waals surface area contributed by atoms with E-state index < -0.39 is 0 Å². The minimum absolute atomic E-state index is 0.929. The summed E-state index contributed by atoms with van der Waals surface area (Å²) in [5.41, 5.74) is 1.27. The number of thiophene rings is 1. The van der Waals surface area contributed by atoms with Crippen molar-refractivity contribution >= 4 is 37.6 Å². The first-order chi connectivity index (χ1) is 9.38. The molecule has 0 saturated heterocycles. The van der Waals surface area contributed by atoms with Crippen molar-refractivity contribution in [2.45, 2.75) is 6.92 Å². The Bertz CT molecular complexity index is 724. The Morgan fingerprint density at radius 2 is 1.89 bits per heavy atom. The summed E-state index contributed by atoms with van der Waals surface area (Å²) in [7, 11) is 0. The van der Waals surface area contributed by atoms with E-state index in [1.807, 2.05) is 11.3 Å². The molecule has 1 aromatic heterocycles. The maximum Gasteiger partial charge on any atom is 0.0355 e. The standard InChI is InChI=1S/C17H17NS/c1-2-18-11-5-6-13-9-10-17-15(12-13)14-7-3-4-8-16(14)19-17/h3-10,12,18H,2,11H2,1H3. The summed E-state index contributed by atoms with van der Waals surface area (Å²) in [5.74, 6) is 0. The predicted molar refractivity (Wildman–Crippen MR) is 86.9 cm³/mol. The smallest absolute Gasteiger partial charge is 0.0355 e. The van der Waals surface area contributed by atoms with Gasteiger partial charge in [0.25, 0.3) is 0 Å². The Hall–Kier alpha value is -1.64. The van der Waals surface area contributed by atoms with Crippen molar-refractivity contribution in [2.24, 2.45) is 0 Å². The van der Waals surface area contributed by atoms with E-state index in [4.69, 9.17) is 0 Å². The van der Waals surface area contributed by atoms with E-state index in [0.717, 1.165) is 13.1 Å². The Morgan fingerprint density at radius 3 is 2.79 bits per heavy atom. The molecule has 0 aliphatic rings. The van der Waals surface area contributed by atoms with Crippen molar-refractivity contribution in [2.75, 3.05) is 13.1 Å². The monoisotopic (exact) mass is 267 g/mol. The fraction of sp³-hybridized carbons (Fsp3) is 0.176. The van der Waals surface area contributed by atoms with Crippen LogP contribution in [-0.4, -0.2) is 13.1 Å². The third-order valence-corrected chi connectivity index (χ3v) is 4.38. The first-order valence-corrected chi connectivity index (χ1v) is 7.48. The van der Waals surface area contributed by atoms with Gasteiger partial charge in [0.1, 0.15) is 0 Å². The maximum absolute atomic E-state index is 3.30. The minimum atomic E-state index is 0.929. The lowest BCUT2D eigenvalue weighted by Crippen LogP contribution is -2.11. The van der Waals surface area contributed by atoms with Crippen molar-refractivity contribution in [1.82, 2.24) is 5.32 Å². The molecule has 0 amide bonds. The van der Waals surface area contributed by atoms with Gasteiger partial charge in [0.15, 0.2) is 0 Å². The molecule has 0 atom stereocenters. The lowest BCUT2D eigenvalue weighted by Gasteiger charge is -1.97. The molecule has 1 heterocycles. The van der Waals surface area contributed by atoms with Gasteiger partial charge in [0.2, 0.25) is 0 Å². The molecule has 0 unspecified atom stereocenters. The average Bonchev–Trinajstić information content (AvgIpc) is 2.82. The highest BCUT2D eigenvalue weighted by atomic mass is 32.1. The van der Waals surface area contributed by atoms with Crippen LogP contribution in [0.15, 0.2) is 48.5 Å². The molecule has 0 spiro atoms. The van der Waals surface area contributed by atoms with Crippen molar-refractivity contribution in [3.05, 3.63) is 54.1 Å². The molecule has 1 N–H and O–H groups in total. The summed E-state index contributed by atoms with van der Waals surface area (Å²) >= 11 is 1.87. The van der Waals surface area contributed by atoms with E-state index in [1.165, 1.54) is 25.7 Å². The van der Waals surface area contributed by atoms with Crippen molar-refractivity contribution in [3.63, 3.8) is 0 Å². The van der Waals surface area contributed by atoms with Gasteiger partial charge in [-0.15, -0.1) is 11.3 Å². The van der Waals surface area contributed by atoms with Crippen LogP contribution in [0.5, 0.6) is 0 Å². The lowest BCUT2D eigenvalue weighted by molar-refractivity contribution is 0.801. The highest BCUT2D eigenvalue weighted by Gasteiger charge is 2.03. The van der Waals surface area contributed by atoms with E-state index in [-0.39, 0.29) is 0 Å². The van der Waals surface area contributed by atoms with E-state index in [0.29, 0.717) is 0 Å². The van der Waals surface area contributed by atoms with Crippen molar-refractivity contribution < 1.29 is 0 Å². The number of rotatable bonds is 4. The molecule has 0 saturated carbocycles. The molecule has 3 aromatic rings. The molecular weight excluding hydrogens is 250 g/mol. The Labute approximate surface area is 117 Å². The highest BCUT2D eigenvalue weighted by Crippen LogP contribution is 2.34. The van der Waals surface area contributed by atoms with Gasteiger partial charge in [-0.2, -0.15) is 0 Å². The fourth-order valence-corrected chi connectivity index (χ4v) is 3.36. The number of nitrogens with one attached hydrogen (secondary N) is 1. The first-order valence-electron chi connectivity index (χ1n) is 6.67. The van der Waals surface area contributed by atoms with Gasteiger partial charge in [-0.3, -0.25) is 0 Å². The normalized spacial score (nSPS) is 11.8. The molecule has 2 aromatic carbocycles. The fourth-order valence-electron chi connectivity index (χ4n) is 2.27. The van der Waals surface area contributed by atoms with Crippen LogP contribution >= 0.6 is 11.3 Å². The predicted octanol–water partition coefficient (Wildman–Crippen LogP) is 4.68. The third-order valence-electron chi connectivity index (χ3n) is 3.22. The van der Waals surface area contributed by atoms with Crippen LogP contribution in [0.3, 0.4) is 0 Å². The number of hydrogen-bond acceptors (Lipinski definition) is 2. The van der Waals surface area contributed by atoms with Crippen LogP contribution in [0.25, 0.3) is 26.2 Å². The van der Waals surface area contributed by atoms with E-state index >= 15 is 0 Å². The van der Waals surface area contributed by atoms with Crippen LogP contribution in [0.1, 0.15) is 12.5 Å². The summed E-state index contributed by atoms with van der Waals surface area (Å²) in [6.45, 7) is 4.06. The van der Waals surface area contributed by atoms with Crippen LogP contribution < -0.4 is 5.32 Å². The van der Waals surface area contributed by atoms with Crippen LogP contribution in [0.4, 0.5) is 0 Å². The van der Waals surface area contributed by atoms with E-state index in [2.05, 4.69) is 66.9 Å². The molecule has 19 heavy (non-hydrogen) atoms. The minimum Gasteiger partial charge on any atom is -0.314 e. The largest absolute Gasteiger partial charge is 0.314 e.